The fourth-order valence-corrected chi connectivity index (χ4v) is 2.01. The van der Waals surface area contributed by atoms with Crippen LogP contribution in [0.5, 0.6) is 0 Å². The van der Waals surface area contributed by atoms with Gasteiger partial charge >= 0.3 is 0 Å². The van der Waals surface area contributed by atoms with E-state index in [4.69, 9.17) is 4.52 Å². The maximum atomic E-state index is 12.8. The summed E-state index contributed by atoms with van der Waals surface area (Å²) in [4.78, 5) is 12.1. The summed E-state index contributed by atoms with van der Waals surface area (Å²) in [5, 5.41) is 6.64. The number of carbonyl (C=O) groups is 1. The number of aromatic nitrogens is 1. The summed E-state index contributed by atoms with van der Waals surface area (Å²) in [7, 11) is 0. The SMILES string of the molecule is CCc1onc(C)c1C(=O)NCCc1ccc(F)cc1. The summed E-state index contributed by atoms with van der Waals surface area (Å²) < 4.78 is 17.9. The van der Waals surface area contributed by atoms with Gasteiger partial charge in [-0.15, -0.1) is 0 Å². The molecule has 1 aromatic carbocycles. The predicted octanol–water partition coefficient (Wildman–Crippen LogP) is 2.66. The van der Waals surface area contributed by atoms with E-state index in [-0.39, 0.29) is 11.7 Å². The van der Waals surface area contributed by atoms with Crippen LogP contribution in [0, 0.1) is 12.7 Å². The third-order valence-electron chi connectivity index (χ3n) is 3.09. The Morgan fingerprint density at radius 3 is 2.70 bits per heavy atom. The predicted molar refractivity (Wildman–Crippen MR) is 73.1 cm³/mol. The standard InChI is InChI=1S/C15H17FN2O2/c1-3-13-14(10(2)18-20-13)15(19)17-9-8-11-4-6-12(16)7-5-11/h4-7H,3,8-9H2,1-2H3,(H,17,19). The second kappa shape index (κ2) is 6.32. The molecule has 5 heteroatoms. The van der Waals surface area contributed by atoms with Crippen LogP contribution in [0.25, 0.3) is 0 Å². The molecule has 0 aliphatic heterocycles. The van der Waals surface area contributed by atoms with Crippen molar-refractivity contribution < 1.29 is 13.7 Å². The lowest BCUT2D eigenvalue weighted by Crippen LogP contribution is -2.26. The van der Waals surface area contributed by atoms with Crippen LogP contribution in [0.15, 0.2) is 28.8 Å². The summed E-state index contributed by atoms with van der Waals surface area (Å²) in [5.74, 6) is 0.162. The van der Waals surface area contributed by atoms with Gasteiger partial charge in [-0.3, -0.25) is 4.79 Å². The lowest BCUT2D eigenvalue weighted by atomic mass is 10.1. The molecule has 0 saturated heterocycles. The van der Waals surface area contributed by atoms with E-state index in [9.17, 15) is 9.18 Å². The van der Waals surface area contributed by atoms with Crippen molar-refractivity contribution in [2.75, 3.05) is 6.54 Å². The van der Waals surface area contributed by atoms with Gasteiger partial charge in [0.15, 0.2) is 0 Å². The molecule has 0 spiro atoms. The zero-order valence-electron chi connectivity index (χ0n) is 11.6. The van der Waals surface area contributed by atoms with Crippen LogP contribution in [0.4, 0.5) is 4.39 Å². The number of hydrogen-bond donors (Lipinski definition) is 1. The van der Waals surface area contributed by atoms with Gasteiger partial charge in [-0.2, -0.15) is 0 Å². The van der Waals surface area contributed by atoms with E-state index in [0.717, 1.165) is 5.56 Å². The van der Waals surface area contributed by atoms with Crippen molar-refractivity contribution in [3.05, 3.63) is 52.7 Å². The minimum absolute atomic E-state index is 0.178. The van der Waals surface area contributed by atoms with Gasteiger partial charge in [0, 0.05) is 13.0 Å². The fourth-order valence-electron chi connectivity index (χ4n) is 2.01. The molecule has 0 saturated carbocycles. The molecule has 20 heavy (non-hydrogen) atoms. The Balaban J connectivity index is 1.92. The number of carbonyl (C=O) groups excluding carboxylic acids is 1. The van der Waals surface area contributed by atoms with Crippen LogP contribution in [-0.4, -0.2) is 17.6 Å². The highest BCUT2D eigenvalue weighted by Crippen LogP contribution is 2.13. The van der Waals surface area contributed by atoms with Crippen LogP contribution in [0.1, 0.15) is 34.3 Å². The van der Waals surface area contributed by atoms with Crippen LogP contribution in [0.3, 0.4) is 0 Å². The molecule has 4 nitrogen and oxygen atoms in total. The molecule has 1 amide bonds. The molecule has 106 valence electrons. The van der Waals surface area contributed by atoms with Crippen molar-refractivity contribution in [3.8, 4) is 0 Å². The number of rotatable bonds is 5. The molecule has 2 aromatic rings. The average Bonchev–Trinajstić information content (AvgIpc) is 2.82. The highest BCUT2D eigenvalue weighted by molar-refractivity contribution is 5.96. The van der Waals surface area contributed by atoms with Crippen molar-refractivity contribution in [2.24, 2.45) is 0 Å². The van der Waals surface area contributed by atoms with Crippen LogP contribution < -0.4 is 5.32 Å². The third kappa shape index (κ3) is 3.23. The Labute approximate surface area is 117 Å². The smallest absolute Gasteiger partial charge is 0.256 e. The summed E-state index contributed by atoms with van der Waals surface area (Å²) in [6, 6.07) is 6.25. The normalized spacial score (nSPS) is 10.6. The molecule has 0 aliphatic rings. The van der Waals surface area contributed by atoms with Gasteiger partial charge < -0.3 is 9.84 Å². The molecule has 0 aliphatic carbocycles. The topological polar surface area (TPSA) is 55.1 Å². The Bertz CT molecular complexity index is 590. The fraction of sp³-hybridized carbons (Fsp3) is 0.333. The van der Waals surface area contributed by atoms with E-state index in [1.807, 2.05) is 6.92 Å². The van der Waals surface area contributed by atoms with Gasteiger partial charge in [-0.05, 0) is 31.0 Å². The molecule has 0 bridgehead atoms. The quantitative estimate of drug-likeness (QED) is 0.913. The van der Waals surface area contributed by atoms with Gasteiger partial charge in [0.2, 0.25) is 0 Å². The first-order chi connectivity index (χ1) is 9.61. The summed E-state index contributed by atoms with van der Waals surface area (Å²) >= 11 is 0. The Morgan fingerprint density at radius 1 is 1.35 bits per heavy atom. The molecule has 0 unspecified atom stereocenters. The molecule has 0 fully saturated rings. The number of amides is 1. The molecule has 1 aromatic heterocycles. The minimum atomic E-state index is -0.259. The van der Waals surface area contributed by atoms with Gasteiger partial charge in [0.1, 0.15) is 17.1 Å². The average molecular weight is 276 g/mol. The zero-order valence-corrected chi connectivity index (χ0v) is 11.6. The van der Waals surface area contributed by atoms with Crippen LogP contribution >= 0.6 is 0 Å². The Morgan fingerprint density at radius 2 is 2.05 bits per heavy atom. The number of nitrogens with zero attached hydrogens (tertiary/aromatic N) is 1. The third-order valence-corrected chi connectivity index (χ3v) is 3.09. The van der Waals surface area contributed by atoms with Gasteiger partial charge in [0.25, 0.3) is 5.91 Å². The van der Waals surface area contributed by atoms with Gasteiger partial charge in [0.05, 0.1) is 5.69 Å². The minimum Gasteiger partial charge on any atom is -0.360 e. The van der Waals surface area contributed by atoms with E-state index >= 15 is 0 Å². The van der Waals surface area contributed by atoms with Crippen molar-refractivity contribution >= 4 is 5.91 Å². The number of benzene rings is 1. The van der Waals surface area contributed by atoms with E-state index in [1.165, 1.54) is 12.1 Å². The van der Waals surface area contributed by atoms with Crippen LogP contribution in [0.2, 0.25) is 0 Å². The highest BCUT2D eigenvalue weighted by atomic mass is 19.1. The Kier molecular flexibility index (Phi) is 4.50. The highest BCUT2D eigenvalue weighted by Gasteiger charge is 2.18. The molecule has 0 atom stereocenters. The zero-order chi connectivity index (χ0) is 14.5. The first kappa shape index (κ1) is 14.2. The lowest BCUT2D eigenvalue weighted by Gasteiger charge is -2.05. The second-order valence-electron chi connectivity index (χ2n) is 4.55. The van der Waals surface area contributed by atoms with Crippen LogP contribution in [-0.2, 0) is 12.8 Å². The summed E-state index contributed by atoms with van der Waals surface area (Å²) in [6.45, 7) is 4.14. The maximum Gasteiger partial charge on any atom is 0.256 e. The van der Waals surface area contributed by atoms with E-state index < -0.39 is 0 Å². The molecule has 1 heterocycles. The van der Waals surface area contributed by atoms with E-state index in [0.29, 0.717) is 36.4 Å². The summed E-state index contributed by atoms with van der Waals surface area (Å²) in [6.07, 6.45) is 1.28. The van der Waals surface area contributed by atoms with E-state index in [2.05, 4.69) is 10.5 Å². The number of hydrogen-bond acceptors (Lipinski definition) is 3. The van der Waals surface area contributed by atoms with Gasteiger partial charge in [-0.1, -0.05) is 24.2 Å². The molecular formula is C15H17FN2O2. The Hall–Kier alpha value is -2.17. The molecule has 0 radical (unpaired) electrons. The first-order valence-electron chi connectivity index (χ1n) is 6.59. The van der Waals surface area contributed by atoms with Crippen molar-refractivity contribution in [1.29, 1.82) is 0 Å². The largest absolute Gasteiger partial charge is 0.360 e. The molecule has 2 rings (SSSR count). The number of halogens is 1. The number of aryl methyl sites for hydroxylation is 2. The molecular weight excluding hydrogens is 259 g/mol. The maximum absolute atomic E-state index is 12.8. The lowest BCUT2D eigenvalue weighted by molar-refractivity contribution is 0.0951. The van der Waals surface area contributed by atoms with Crippen molar-refractivity contribution in [3.63, 3.8) is 0 Å². The first-order valence-corrected chi connectivity index (χ1v) is 6.59. The monoisotopic (exact) mass is 276 g/mol. The number of nitrogens with one attached hydrogen (secondary N) is 1. The van der Waals surface area contributed by atoms with Gasteiger partial charge in [-0.25, -0.2) is 4.39 Å². The second-order valence-corrected chi connectivity index (χ2v) is 4.55. The van der Waals surface area contributed by atoms with Crippen molar-refractivity contribution in [2.45, 2.75) is 26.7 Å². The van der Waals surface area contributed by atoms with E-state index in [1.54, 1.807) is 19.1 Å². The van der Waals surface area contributed by atoms with Crippen molar-refractivity contribution in [1.82, 2.24) is 10.5 Å². The summed E-state index contributed by atoms with van der Waals surface area (Å²) in [5.41, 5.74) is 2.09. The molecule has 1 N–H and O–H groups in total.